The molecule has 3 N–H and O–H groups in total. The first-order valence-corrected chi connectivity index (χ1v) is 19.8. The van der Waals surface area contributed by atoms with Crippen LogP contribution in [0.5, 0.6) is 0 Å². The van der Waals surface area contributed by atoms with E-state index in [1.54, 1.807) is 36.4 Å². The summed E-state index contributed by atoms with van der Waals surface area (Å²) >= 11 is 0. The summed E-state index contributed by atoms with van der Waals surface area (Å²) in [6, 6.07) is 16.0. The molecule has 3 heterocycles. The lowest BCUT2D eigenvalue weighted by Crippen LogP contribution is -2.61. The highest BCUT2D eigenvalue weighted by Gasteiger charge is 2.69. The molecule has 14 nitrogen and oxygen atoms in total. The minimum atomic E-state index is -4.49. The average Bonchev–Trinajstić information content (AvgIpc) is 3.47. The Morgan fingerprint density at radius 1 is 1.02 bits per heavy atom. The second-order valence-corrected chi connectivity index (χ2v) is 19.6. The molecule has 1 aromatic heterocycles. The van der Waals surface area contributed by atoms with Gasteiger partial charge in [0.2, 0.25) is 0 Å². The van der Waals surface area contributed by atoms with Gasteiger partial charge in [0, 0.05) is 11.8 Å². The smallest absolute Gasteiger partial charge is 0.338 e. The molecule has 1 saturated heterocycles. The van der Waals surface area contributed by atoms with Crippen molar-refractivity contribution < 1.29 is 40.8 Å². The van der Waals surface area contributed by atoms with Crippen LogP contribution in [0.15, 0.2) is 87.6 Å². The number of aromatic amines is 1. The monoisotopic (exact) mass is 713 g/mol. The number of esters is 2. The van der Waals surface area contributed by atoms with Crippen molar-refractivity contribution in [3.05, 3.63) is 115 Å². The van der Waals surface area contributed by atoms with Crippen LogP contribution in [-0.2, 0) is 32.9 Å². The Bertz CT molecular complexity index is 1990. The van der Waals surface area contributed by atoms with E-state index >= 15 is 0 Å². The molecule has 0 amide bonds. The van der Waals surface area contributed by atoms with Gasteiger partial charge < -0.3 is 24.4 Å². The van der Waals surface area contributed by atoms with Crippen LogP contribution in [0.2, 0.25) is 18.1 Å². The van der Waals surface area contributed by atoms with Crippen LogP contribution >= 0.6 is 0 Å². The highest BCUT2D eigenvalue weighted by Crippen LogP contribution is 2.52. The first kappa shape index (κ1) is 35.9. The van der Waals surface area contributed by atoms with E-state index in [1.807, 2.05) is 33.9 Å². The van der Waals surface area contributed by atoms with Gasteiger partial charge in [0.15, 0.2) is 26.3 Å². The Balaban J connectivity index is 1.69. The number of carbonyl (C=O) groups excluding carboxylic acids is 2. The maximum atomic E-state index is 13.5. The second kappa shape index (κ2) is 13.2. The third kappa shape index (κ3) is 7.05. The highest BCUT2D eigenvalue weighted by molar-refractivity contribution is 7.90. The fourth-order valence-corrected chi connectivity index (χ4v) is 7.89. The van der Waals surface area contributed by atoms with Crippen molar-refractivity contribution in [3.8, 4) is 0 Å². The van der Waals surface area contributed by atoms with E-state index < -0.39 is 83.4 Å². The number of carbonyl (C=O) groups is 2. The number of aryl methyl sites for hydroxylation is 1. The van der Waals surface area contributed by atoms with E-state index in [-0.39, 0.29) is 22.4 Å². The number of benzene rings is 2. The zero-order valence-corrected chi connectivity index (χ0v) is 29.7. The predicted octanol–water partition coefficient (Wildman–Crippen LogP) is 3.11. The Morgan fingerprint density at radius 3 is 2.12 bits per heavy atom. The maximum absolute atomic E-state index is 13.5. The first-order chi connectivity index (χ1) is 22.9. The molecule has 1 fully saturated rings. The molecule has 0 aliphatic carbocycles. The molecular formula is C33H39N3O11SSi. The summed E-state index contributed by atoms with van der Waals surface area (Å²) in [5.74, 6) is -1.62. The van der Waals surface area contributed by atoms with Gasteiger partial charge in [-0.15, -0.1) is 0 Å². The first-order valence-electron chi connectivity index (χ1n) is 15.4. The van der Waals surface area contributed by atoms with Crippen molar-refractivity contribution in [2.24, 2.45) is 5.73 Å². The maximum Gasteiger partial charge on any atom is 0.338 e. The molecule has 262 valence electrons. The number of hydrogen-bond acceptors (Lipinski definition) is 12. The third-order valence-corrected chi connectivity index (χ3v) is 14.5. The molecule has 16 heteroatoms. The minimum Gasteiger partial charge on any atom is -0.458 e. The molecule has 2 aliphatic rings. The van der Waals surface area contributed by atoms with Crippen molar-refractivity contribution in [2.75, 3.05) is 6.61 Å². The number of hydrogen-bond donors (Lipinski definition) is 2. The lowest BCUT2D eigenvalue weighted by molar-refractivity contribution is -0.115. The SMILES string of the molecule is Cc1cn([C@@H]2O[C@H]([C@@H](COC(=O)c3ccccc3)OC(=O)c3ccccc3)C3(OS(=O)(=O)C=C3N)[C@H]2O[Si](C)(C)C(C)(C)C)c(=O)[nH]c1=O. The van der Waals surface area contributed by atoms with Gasteiger partial charge in [0.05, 0.1) is 22.2 Å². The summed E-state index contributed by atoms with van der Waals surface area (Å²) in [5, 5.41) is 0.254. The number of rotatable bonds is 9. The second-order valence-electron chi connectivity index (χ2n) is 13.4. The molecule has 1 spiro atoms. The Kier molecular flexibility index (Phi) is 9.66. The highest BCUT2D eigenvalue weighted by atomic mass is 32.2. The molecule has 0 saturated carbocycles. The van der Waals surface area contributed by atoms with Crippen LogP contribution in [0.25, 0.3) is 0 Å². The van der Waals surface area contributed by atoms with Gasteiger partial charge in [-0.3, -0.25) is 14.3 Å². The van der Waals surface area contributed by atoms with E-state index in [1.165, 1.54) is 37.4 Å². The van der Waals surface area contributed by atoms with Crippen LogP contribution in [0.1, 0.15) is 53.3 Å². The Labute approximate surface area is 284 Å². The number of nitrogens with zero attached hydrogens (tertiary/aromatic N) is 1. The molecule has 49 heavy (non-hydrogen) atoms. The zero-order chi connectivity index (χ0) is 35.9. The Morgan fingerprint density at radius 2 is 1.59 bits per heavy atom. The molecule has 3 aromatic rings. The number of nitrogens with two attached hydrogens (primary N) is 1. The topological polar surface area (TPSA) is 195 Å². The molecule has 1 unspecified atom stereocenters. The van der Waals surface area contributed by atoms with E-state index in [0.29, 0.717) is 5.41 Å². The van der Waals surface area contributed by atoms with Crippen molar-refractivity contribution >= 4 is 30.4 Å². The summed E-state index contributed by atoms with van der Waals surface area (Å²) in [4.78, 5) is 54.5. The summed E-state index contributed by atoms with van der Waals surface area (Å²) in [7, 11) is -7.39. The molecular weight excluding hydrogens is 675 g/mol. The van der Waals surface area contributed by atoms with Gasteiger partial charge in [0.1, 0.15) is 18.8 Å². The van der Waals surface area contributed by atoms with E-state index in [0.717, 1.165) is 4.57 Å². The standard InChI is InChI=1S/C33H39N3O11SSi/c1-20-17-36(31(40)35-27(20)37)28-26(46-49(5,6)32(2,3)4)33(24(34)19-48(41,42)47-33)25(45-28)23(44-30(39)22-15-11-8-12-16-22)18-43-29(38)21-13-9-7-10-14-21/h7-17,19,23,25-26,28H,18,34H2,1-6H3,(H,35,37,40)/t23-,25-,26+,28-,33?/m1/s1. The molecule has 5 atom stereocenters. The average molecular weight is 714 g/mol. The van der Waals surface area contributed by atoms with Gasteiger partial charge in [0.25, 0.3) is 15.7 Å². The number of H-pyrrole nitrogens is 1. The normalized spacial score (nSPS) is 24.0. The van der Waals surface area contributed by atoms with Gasteiger partial charge >= 0.3 is 17.6 Å². The fourth-order valence-electron chi connectivity index (χ4n) is 5.40. The minimum absolute atomic E-state index is 0.135. The number of nitrogens with one attached hydrogen (secondary N) is 1. The van der Waals surface area contributed by atoms with Crippen LogP contribution in [0.4, 0.5) is 0 Å². The van der Waals surface area contributed by atoms with Crippen LogP contribution in [0, 0.1) is 6.92 Å². The molecule has 0 bridgehead atoms. The van der Waals surface area contributed by atoms with Crippen LogP contribution in [-0.4, -0.2) is 68.7 Å². The molecule has 0 radical (unpaired) electrons. The van der Waals surface area contributed by atoms with Gasteiger partial charge in [-0.1, -0.05) is 57.2 Å². The summed E-state index contributed by atoms with van der Waals surface area (Å²) in [5.41, 5.74) is 2.89. The van der Waals surface area contributed by atoms with Gasteiger partial charge in [-0.05, 0) is 49.3 Å². The van der Waals surface area contributed by atoms with E-state index in [9.17, 15) is 27.6 Å². The van der Waals surface area contributed by atoms with Crippen molar-refractivity contribution in [3.63, 3.8) is 0 Å². The largest absolute Gasteiger partial charge is 0.458 e. The zero-order valence-electron chi connectivity index (χ0n) is 27.9. The van der Waals surface area contributed by atoms with Gasteiger partial charge in [-0.2, -0.15) is 8.42 Å². The third-order valence-electron chi connectivity index (χ3n) is 9.01. The molecule has 2 aliphatic heterocycles. The summed E-state index contributed by atoms with van der Waals surface area (Å²) in [6.07, 6.45) is -4.91. The van der Waals surface area contributed by atoms with Crippen molar-refractivity contribution in [1.82, 2.24) is 9.55 Å². The van der Waals surface area contributed by atoms with Crippen LogP contribution in [0.3, 0.4) is 0 Å². The van der Waals surface area contributed by atoms with Crippen molar-refractivity contribution in [2.45, 2.75) is 76.0 Å². The molecule has 5 rings (SSSR count). The quantitative estimate of drug-likeness (QED) is 0.187. The van der Waals surface area contributed by atoms with Crippen molar-refractivity contribution in [1.29, 1.82) is 0 Å². The fraction of sp³-hybridized carbons (Fsp3) is 0.394. The number of aromatic nitrogens is 2. The van der Waals surface area contributed by atoms with E-state index in [4.69, 9.17) is 28.6 Å². The van der Waals surface area contributed by atoms with Crippen LogP contribution < -0.4 is 17.0 Å². The number of ether oxygens (including phenoxy) is 3. The van der Waals surface area contributed by atoms with Gasteiger partial charge in [-0.25, -0.2) is 18.6 Å². The summed E-state index contributed by atoms with van der Waals surface area (Å²) < 4.78 is 58.1. The molecule has 2 aromatic carbocycles. The summed E-state index contributed by atoms with van der Waals surface area (Å²) in [6.45, 7) is 10.5. The van der Waals surface area contributed by atoms with E-state index in [2.05, 4.69) is 4.98 Å². The lowest BCUT2D eigenvalue weighted by Gasteiger charge is -2.43. The Hall–Kier alpha value is -4.35. The predicted molar refractivity (Wildman–Crippen MR) is 179 cm³/mol. The lowest BCUT2D eigenvalue weighted by atomic mass is 9.86.